The number of hydrogen-bond acceptors (Lipinski definition) is 5. The molecule has 2 heterocycles. The van der Waals surface area contributed by atoms with E-state index in [1.807, 2.05) is 25.7 Å². The summed E-state index contributed by atoms with van der Waals surface area (Å²) in [7, 11) is 0. The maximum Gasteiger partial charge on any atom is 0.228 e. The number of nitrogens with zero attached hydrogens (tertiary/aromatic N) is 4. The van der Waals surface area contributed by atoms with Gasteiger partial charge in [0, 0.05) is 48.6 Å². The molecule has 0 bridgehead atoms. The zero-order chi connectivity index (χ0) is 31.2. The van der Waals surface area contributed by atoms with Gasteiger partial charge in [-0.15, -0.1) is 0 Å². The number of carbonyl (C=O) groups is 2. The SMILES string of the molecule is CC1(C)CCC(N(C(=O)C(C)(C)C)C2C[C@@H](/C=N/O)N(C(=O)[C@@H]3CN(C(C)(C)C)C[C@H]3c3ccc(F)cc3F)C2)CC1. The van der Waals surface area contributed by atoms with Crippen molar-refractivity contribution in [1.29, 1.82) is 0 Å². The van der Waals surface area contributed by atoms with Gasteiger partial charge in [0.25, 0.3) is 0 Å². The van der Waals surface area contributed by atoms with Crippen molar-refractivity contribution in [2.45, 2.75) is 117 Å². The standard InChI is InChI=1S/C33H50F2N4O3/c1-31(2,3)30(41)39(22-11-13-33(7,8)14-12-22)24-16-23(17-36-42)38(18-24)29(40)27-20-37(32(4,5)6)19-26(27)25-10-9-21(34)15-28(25)35/h9-10,15,17,22-24,26-27,42H,11-14,16,18-20H2,1-8H3/b36-17+/t23-,24?,26-,27+/m0/s1. The van der Waals surface area contributed by atoms with Gasteiger partial charge in [-0.25, -0.2) is 8.78 Å². The Kier molecular flexibility index (Phi) is 9.13. The Bertz CT molecular complexity index is 1180. The topological polar surface area (TPSA) is 76.5 Å². The maximum atomic E-state index is 15.1. The van der Waals surface area contributed by atoms with Crippen LogP contribution in [0.4, 0.5) is 8.78 Å². The molecule has 9 heteroatoms. The predicted molar refractivity (Wildman–Crippen MR) is 160 cm³/mol. The van der Waals surface area contributed by atoms with Crippen LogP contribution >= 0.6 is 0 Å². The highest BCUT2D eigenvalue weighted by molar-refractivity contribution is 5.86. The minimum absolute atomic E-state index is 0.0669. The second-order valence-corrected chi connectivity index (χ2v) is 15.5. The van der Waals surface area contributed by atoms with Crippen molar-refractivity contribution in [3.05, 3.63) is 35.4 Å². The average molecular weight is 589 g/mol. The van der Waals surface area contributed by atoms with Crippen LogP contribution in [0.1, 0.15) is 99.0 Å². The van der Waals surface area contributed by atoms with E-state index < -0.39 is 34.9 Å². The van der Waals surface area contributed by atoms with E-state index in [2.05, 4.69) is 44.7 Å². The molecule has 1 N–H and O–H groups in total. The van der Waals surface area contributed by atoms with Crippen LogP contribution in [0.15, 0.2) is 23.4 Å². The lowest BCUT2D eigenvalue weighted by molar-refractivity contribution is -0.147. The van der Waals surface area contributed by atoms with Crippen molar-refractivity contribution in [2.75, 3.05) is 19.6 Å². The van der Waals surface area contributed by atoms with Crippen molar-refractivity contribution < 1.29 is 23.6 Å². The Balaban J connectivity index is 1.66. The zero-order valence-electron chi connectivity index (χ0n) is 26.7. The molecule has 3 aliphatic rings. The Hall–Kier alpha value is -2.55. The van der Waals surface area contributed by atoms with Crippen molar-refractivity contribution in [2.24, 2.45) is 21.9 Å². The van der Waals surface area contributed by atoms with Crippen LogP contribution in [0.5, 0.6) is 0 Å². The van der Waals surface area contributed by atoms with Gasteiger partial charge in [0.05, 0.1) is 24.2 Å². The normalized spacial score (nSPS) is 27.6. The Labute approximate surface area is 250 Å². The molecule has 2 aliphatic heterocycles. The monoisotopic (exact) mass is 588 g/mol. The first-order chi connectivity index (χ1) is 19.4. The van der Waals surface area contributed by atoms with Crippen LogP contribution in [0.3, 0.4) is 0 Å². The first kappa shape index (κ1) is 32.4. The molecular weight excluding hydrogens is 538 g/mol. The molecule has 42 heavy (non-hydrogen) atoms. The molecule has 2 saturated heterocycles. The summed E-state index contributed by atoms with van der Waals surface area (Å²) in [6.07, 6.45) is 5.73. The molecule has 1 aliphatic carbocycles. The van der Waals surface area contributed by atoms with E-state index in [4.69, 9.17) is 0 Å². The van der Waals surface area contributed by atoms with E-state index in [1.54, 1.807) is 4.90 Å². The molecule has 1 aromatic rings. The first-order valence-corrected chi connectivity index (χ1v) is 15.4. The first-order valence-electron chi connectivity index (χ1n) is 15.4. The molecule has 7 nitrogen and oxygen atoms in total. The number of halogens is 2. The van der Waals surface area contributed by atoms with E-state index in [0.717, 1.165) is 31.7 Å². The third kappa shape index (κ3) is 6.81. The summed E-state index contributed by atoms with van der Waals surface area (Å²) in [6.45, 7) is 17.7. The quantitative estimate of drug-likeness (QED) is 0.258. The number of rotatable bonds is 5. The van der Waals surface area contributed by atoms with Crippen molar-refractivity contribution in [3.63, 3.8) is 0 Å². The van der Waals surface area contributed by atoms with Gasteiger partial charge in [0.1, 0.15) is 11.6 Å². The predicted octanol–water partition coefficient (Wildman–Crippen LogP) is 6.05. The van der Waals surface area contributed by atoms with E-state index in [9.17, 15) is 19.2 Å². The molecule has 4 atom stereocenters. The highest BCUT2D eigenvalue weighted by Crippen LogP contribution is 2.42. The Morgan fingerprint density at radius 2 is 1.67 bits per heavy atom. The van der Waals surface area contributed by atoms with Crippen molar-refractivity contribution >= 4 is 18.0 Å². The van der Waals surface area contributed by atoms with Crippen LogP contribution in [0.25, 0.3) is 0 Å². The molecule has 0 radical (unpaired) electrons. The number of benzene rings is 1. The summed E-state index contributed by atoms with van der Waals surface area (Å²) in [5.41, 5.74) is -0.273. The molecule has 1 saturated carbocycles. The molecule has 234 valence electrons. The molecule has 0 aromatic heterocycles. The van der Waals surface area contributed by atoms with E-state index >= 15 is 4.39 Å². The highest BCUT2D eigenvalue weighted by Gasteiger charge is 2.49. The molecular formula is C33H50F2N4O3. The second-order valence-electron chi connectivity index (χ2n) is 15.5. The van der Waals surface area contributed by atoms with Gasteiger partial charge in [-0.2, -0.15) is 0 Å². The largest absolute Gasteiger partial charge is 0.411 e. The second kappa shape index (κ2) is 11.9. The zero-order valence-corrected chi connectivity index (χ0v) is 26.7. The molecule has 1 aromatic carbocycles. The van der Waals surface area contributed by atoms with Crippen LogP contribution < -0.4 is 0 Å². The van der Waals surface area contributed by atoms with Crippen LogP contribution in [0.2, 0.25) is 0 Å². The molecule has 2 amide bonds. The van der Waals surface area contributed by atoms with Crippen molar-refractivity contribution in [3.8, 4) is 0 Å². The van der Waals surface area contributed by atoms with Crippen LogP contribution in [-0.2, 0) is 9.59 Å². The fourth-order valence-electron chi connectivity index (χ4n) is 7.13. The van der Waals surface area contributed by atoms with E-state index in [0.29, 0.717) is 31.6 Å². The summed E-state index contributed by atoms with van der Waals surface area (Å²) in [5, 5.41) is 12.9. The highest BCUT2D eigenvalue weighted by atomic mass is 19.1. The number of hydrogen-bond donors (Lipinski definition) is 1. The fraction of sp³-hybridized carbons (Fsp3) is 0.727. The lowest BCUT2D eigenvalue weighted by Gasteiger charge is -2.45. The summed E-state index contributed by atoms with van der Waals surface area (Å²) in [5.74, 6) is -2.42. The van der Waals surface area contributed by atoms with Crippen LogP contribution in [-0.4, -0.2) is 81.2 Å². The van der Waals surface area contributed by atoms with Gasteiger partial charge >= 0.3 is 0 Å². The number of likely N-dealkylation sites (tertiary alicyclic amines) is 2. The summed E-state index contributed by atoms with van der Waals surface area (Å²) in [4.78, 5) is 34.3. The van der Waals surface area contributed by atoms with E-state index in [-0.39, 0.29) is 34.9 Å². The maximum absolute atomic E-state index is 15.1. The summed E-state index contributed by atoms with van der Waals surface area (Å²) < 4.78 is 28.9. The minimum Gasteiger partial charge on any atom is -0.411 e. The lowest BCUT2D eigenvalue weighted by Crippen LogP contribution is -2.54. The van der Waals surface area contributed by atoms with Gasteiger partial charge in [0.2, 0.25) is 11.8 Å². The van der Waals surface area contributed by atoms with Gasteiger partial charge in [-0.1, -0.05) is 45.8 Å². The molecule has 4 rings (SSSR count). The third-order valence-electron chi connectivity index (χ3n) is 9.76. The smallest absolute Gasteiger partial charge is 0.228 e. The summed E-state index contributed by atoms with van der Waals surface area (Å²) in [6, 6.07) is 2.94. The van der Waals surface area contributed by atoms with E-state index in [1.165, 1.54) is 18.3 Å². The van der Waals surface area contributed by atoms with Gasteiger partial charge in [0.15, 0.2) is 0 Å². The molecule has 0 spiro atoms. The van der Waals surface area contributed by atoms with Gasteiger partial charge in [-0.3, -0.25) is 14.5 Å². The lowest BCUT2D eigenvalue weighted by atomic mass is 9.74. The fourth-order valence-corrected chi connectivity index (χ4v) is 7.13. The van der Waals surface area contributed by atoms with Crippen molar-refractivity contribution in [1.82, 2.24) is 14.7 Å². The average Bonchev–Trinajstić information content (AvgIpc) is 3.50. The number of carbonyl (C=O) groups excluding carboxylic acids is 2. The number of oxime groups is 1. The molecule has 3 fully saturated rings. The third-order valence-corrected chi connectivity index (χ3v) is 9.76. The molecule has 1 unspecified atom stereocenters. The van der Waals surface area contributed by atoms with Gasteiger partial charge < -0.3 is 15.0 Å². The number of amides is 2. The Morgan fingerprint density at radius 3 is 2.21 bits per heavy atom. The van der Waals surface area contributed by atoms with Crippen LogP contribution in [0, 0.1) is 28.4 Å². The Morgan fingerprint density at radius 1 is 1.02 bits per heavy atom. The minimum atomic E-state index is -0.652. The summed E-state index contributed by atoms with van der Waals surface area (Å²) >= 11 is 0. The van der Waals surface area contributed by atoms with Gasteiger partial charge in [-0.05, 0) is 69.9 Å².